The molecule has 0 aliphatic carbocycles. The van der Waals surface area contributed by atoms with E-state index in [0.717, 1.165) is 24.9 Å². The number of carbonyl (C=O) groups is 2. The van der Waals surface area contributed by atoms with E-state index >= 15 is 0 Å². The monoisotopic (exact) mass is 318 g/mol. The first-order valence-corrected chi connectivity index (χ1v) is 8.32. The fourth-order valence-corrected chi connectivity index (χ4v) is 3.12. The van der Waals surface area contributed by atoms with Gasteiger partial charge in [-0.1, -0.05) is 30.3 Å². The first kappa shape index (κ1) is 17.5. The number of rotatable bonds is 7. The maximum Gasteiger partial charge on any atom is 0.320 e. The Morgan fingerprint density at radius 3 is 2.61 bits per heavy atom. The molecule has 2 N–H and O–H groups in total. The van der Waals surface area contributed by atoms with Gasteiger partial charge in [-0.2, -0.15) is 0 Å². The molecule has 0 radical (unpaired) electrons. The van der Waals surface area contributed by atoms with Crippen LogP contribution in [-0.2, 0) is 16.0 Å². The minimum absolute atomic E-state index is 0.000890. The molecule has 1 aliphatic rings. The molecule has 1 heterocycles. The number of carboxylic acid groups (broad SMARTS) is 1. The number of carbonyl (C=O) groups excluding carboxylic acids is 1. The van der Waals surface area contributed by atoms with E-state index in [2.05, 4.69) is 5.32 Å². The molecule has 3 atom stereocenters. The molecule has 0 aromatic heterocycles. The summed E-state index contributed by atoms with van der Waals surface area (Å²) in [5.74, 6) is -0.906. The van der Waals surface area contributed by atoms with Gasteiger partial charge in [0, 0.05) is 12.6 Å². The Morgan fingerprint density at radius 2 is 2.04 bits per heavy atom. The van der Waals surface area contributed by atoms with Crippen molar-refractivity contribution in [3.8, 4) is 0 Å². The van der Waals surface area contributed by atoms with Crippen LogP contribution in [-0.4, -0.2) is 46.6 Å². The number of amides is 1. The molecule has 1 amide bonds. The van der Waals surface area contributed by atoms with Crippen LogP contribution in [0.25, 0.3) is 0 Å². The summed E-state index contributed by atoms with van der Waals surface area (Å²) in [4.78, 5) is 25.8. The van der Waals surface area contributed by atoms with Gasteiger partial charge in [0.15, 0.2) is 0 Å². The van der Waals surface area contributed by atoms with Crippen LogP contribution in [0.2, 0.25) is 0 Å². The van der Waals surface area contributed by atoms with E-state index in [1.807, 2.05) is 42.2 Å². The van der Waals surface area contributed by atoms with Crippen LogP contribution >= 0.6 is 0 Å². The average Bonchev–Trinajstić information content (AvgIpc) is 2.97. The van der Waals surface area contributed by atoms with Crippen LogP contribution in [0.4, 0.5) is 0 Å². The molecular weight excluding hydrogens is 292 g/mol. The van der Waals surface area contributed by atoms with Crippen molar-refractivity contribution in [2.75, 3.05) is 6.54 Å². The van der Waals surface area contributed by atoms with Crippen molar-refractivity contribution in [3.05, 3.63) is 35.9 Å². The van der Waals surface area contributed by atoms with Gasteiger partial charge in [-0.15, -0.1) is 0 Å². The molecule has 1 fully saturated rings. The van der Waals surface area contributed by atoms with Gasteiger partial charge >= 0.3 is 5.97 Å². The number of nitrogens with one attached hydrogen (secondary N) is 1. The van der Waals surface area contributed by atoms with Crippen molar-refractivity contribution in [2.45, 2.75) is 57.7 Å². The lowest BCUT2D eigenvalue weighted by Crippen LogP contribution is -2.51. The largest absolute Gasteiger partial charge is 0.480 e. The van der Waals surface area contributed by atoms with E-state index in [1.165, 1.54) is 0 Å². The number of aliphatic carboxylic acids is 1. The number of carboxylic acids is 1. The van der Waals surface area contributed by atoms with Crippen LogP contribution in [0.15, 0.2) is 30.3 Å². The second-order valence-corrected chi connectivity index (χ2v) is 6.33. The second kappa shape index (κ2) is 8.11. The zero-order valence-corrected chi connectivity index (χ0v) is 13.9. The van der Waals surface area contributed by atoms with Crippen molar-refractivity contribution in [2.24, 2.45) is 0 Å². The molecule has 1 aliphatic heterocycles. The summed E-state index contributed by atoms with van der Waals surface area (Å²) in [5.41, 5.74) is 1.10. The molecule has 5 nitrogen and oxygen atoms in total. The fraction of sp³-hybridized carbons (Fsp3) is 0.556. The predicted octanol–water partition coefficient (Wildman–Crippen LogP) is 2.06. The number of hydrogen-bond donors (Lipinski definition) is 2. The molecule has 1 aromatic rings. The van der Waals surface area contributed by atoms with Crippen molar-refractivity contribution < 1.29 is 14.7 Å². The third-order valence-electron chi connectivity index (χ3n) is 4.52. The Hall–Kier alpha value is -1.88. The summed E-state index contributed by atoms with van der Waals surface area (Å²) < 4.78 is 0. The maximum absolute atomic E-state index is 12.5. The van der Waals surface area contributed by atoms with E-state index in [4.69, 9.17) is 0 Å². The van der Waals surface area contributed by atoms with Gasteiger partial charge in [0.05, 0.1) is 6.04 Å². The highest BCUT2D eigenvalue weighted by Gasteiger charge is 2.30. The zero-order valence-electron chi connectivity index (χ0n) is 13.9. The normalized spacial score (nSPS) is 20.3. The highest BCUT2D eigenvalue weighted by Crippen LogP contribution is 2.17. The molecule has 1 aromatic carbocycles. The molecule has 0 spiro atoms. The standard InChI is InChI=1S/C18H26N2O3/c1-13-7-6-12-20(13)17(21)14(2)19-16(18(22)23)11-10-15-8-4-3-5-9-15/h3-5,8-9,13-14,16,19H,6-7,10-12H2,1-2H3,(H,22,23). The van der Waals surface area contributed by atoms with Crippen molar-refractivity contribution >= 4 is 11.9 Å². The summed E-state index contributed by atoms with van der Waals surface area (Å²) in [6.07, 6.45) is 3.18. The number of nitrogens with zero attached hydrogens (tertiary/aromatic N) is 1. The van der Waals surface area contributed by atoms with Crippen LogP contribution in [0, 0.1) is 0 Å². The molecule has 2 rings (SSSR count). The number of likely N-dealkylation sites (tertiary alicyclic amines) is 1. The number of hydrogen-bond acceptors (Lipinski definition) is 3. The predicted molar refractivity (Wildman–Crippen MR) is 89.2 cm³/mol. The Morgan fingerprint density at radius 1 is 1.35 bits per heavy atom. The molecule has 5 heteroatoms. The SMILES string of the molecule is CC(NC(CCc1ccccc1)C(=O)O)C(=O)N1CCCC1C. The van der Waals surface area contributed by atoms with E-state index in [1.54, 1.807) is 6.92 Å². The highest BCUT2D eigenvalue weighted by atomic mass is 16.4. The topological polar surface area (TPSA) is 69.6 Å². The summed E-state index contributed by atoms with van der Waals surface area (Å²) in [7, 11) is 0. The summed E-state index contributed by atoms with van der Waals surface area (Å²) in [5, 5.41) is 12.4. The van der Waals surface area contributed by atoms with E-state index < -0.39 is 18.1 Å². The molecule has 1 saturated heterocycles. The number of benzene rings is 1. The van der Waals surface area contributed by atoms with Gasteiger partial charge in [-0.3, -0.25) is 14.9 Å². The fourth-order valence-electron chi connectivity index (χ4n) is 3.12. The third kappa shape index (κ3) is 4.79. The summed E-state index contributed by atoms with van der Waals surface area (Å²) >= 11 is 0. The van der Waals surface area contributed by atoms with E-state index in [0.29, 0.717) is 12.8 Å². The molecule has 0 bridgehead atoms. The minimum atomic E-state index is -0.907. The Balaban J connectivity index is 1.90. The van der Waals surface area contributed by atoms with Crippen LogP contribution in [0.5, 0.6) is 0 Å². The van der Waals surface area contributed by atoms with Gasteiger partial charge in [0.1, 0.15) is 6.04 Å². The van der Waals surface area contributed by atoms with Crippen molar-refractivity contribution in [1.82, 2.24) is 10.2 Å². The van der Waals surface area contributed by atoms with Crippen LogP contribution < -0.4 is 5.32 Å². The highest BCUT2D eigenvalue weighted by molar-refractivity contribution is 5.83. The summed E-state index contributed by atoms with van der Waals surface area (Å²) in [6.45, 7) is 4.57. The first-order chi connectivity index (χ1) is 11.0. The molecule has 0 saturated carbocycles. The third-order valence-corrected chi connectivity index (χ3v) is 4.52. The minimum Gasteiger partial charge on any atom is -0.480 e. The lowest BCUT2D eigenvalue weighted by atomic mass is 10.0. The van der Waals surface area contributed by atoms with Gasteiger partial charge in [0.2, 0.25) is 5.91 Å². The van der Waals surface area contributed by atoms with Gasteiger partial charge < -0.3 is 10.0 Å². The lowest BCUT2D eigenvalue weighted by Gasteiger charge is -2.27. The van der Waals surface area contributed by atoms with Crippen LogP contribution in [0.1, 0.15) is 38.7 Å². The molecule has 3 unspecified atom stereocenters. The quantitative estimate of drug-likeness (QED) is 0.807. The maximum atomic E-state index is 12.5. The van der Waals surface area contributed by atoms with E-state index in [9.17, 15) is 14.7 Å². The van der Waals surface area contributed by atoms with Gasteiger partial charge in [-0.25, -0.2) is 0 Å². The van der Waals surface area contributed by atoms with Crippen molar-refractivity contribution in [3.63, 3.8) is 0 Å². The van der Waals surface area contributed by atoms with E-state index in [-0.39, 0.29) is 11.9 Å². The van der Waals surface area contributed by atoms with Crippen LogP contribution in [0.3, 0.4) is 0 Å². The molecule has 126 valence electrons. The average molecular weight is 318 g/mol. The van der Waals surface area contributed by atoms with Gasteiger partial charge in [-0.05, 0) is 45.1 Å². The molecular formula is C18H26N2O3. The number of aryl methyl sites for hydroxylation is 1. The smallest absolute Gasteiger partial charge is 0.320 e. The zero-order chi connectivity index (χ0) is 16.8. The molecule has 23 heavy (non-hydrogen) atoms. The Labute approximate surface area is 137 Å². The first-order valence-electron chi connectivity index (χ1n) is 8.32. The van der Waals surface area contributed by atoms with Crippen molar-refractivity contribution in [1.29, 1.82) is 0 Å². The Kier molecular flexibility index (Phi) is 6.16. The van der Waals surface area contributed by atoms with Gasteiger partial charge in [0.25, 0.3) is 0 Å². The summed E-state index contributed by atoms with van der Waals surface area (Å²) in [6, 6.07) is 8.85. The second-order valence-electron chi connectivity index (χ2n) is 6.33. The lowest BCUT2D eigenvalue weighted by molar-refractivity contribution is -0.140. The Bertz CT molecular complexity index is 532.